The van der Waals surface area contributed by atoms with Crippen molar-refractivity contribution in [2.75, 3.05) is 9.80 Å². The van der Waals surface area contributed by atoms with Gasteiger partial charge in [-0.3, -0.25) is 24.2 Å². The Hall–Kier alpha value is -4.79. The molecule has 210 valence electrons. The summed E-state index contributed by atoms with van der Waals surface area (Å²) in [6, 6.07) is 10.7. The van der Waals surface area contributed by atoms with Crippen LogP contribution >= 0.6 is 0 Å². The fourth-order valence-electron chi connectivity index (χ4n) is 5.15. The fraction of sp³-hybridized carbons (Fsp3) is 0.276. The van der Waals surface area contributed by atoms with Crippen LogP contribution in [0.3, 0.4) is 0 Å². The lowest BCUT2D eigenvalue weighted by atomic mass is 9.87. The summed E-state index contributed by atoms with van der Waals surface area (Å²) in [5, 5.41) is 11.8. The predicted molar refractivity (Wildman–Crippen MR) is 139 cm³/mol. The van der Waals surface area contributed by atoms with Crippen LogP contribution in [0, 0.1) is 23.0 Å². The van der Waals surface area contributed by atoms with Gasteiger partial charge in [0.05, 0.1) is 11.6 Å². The lowest BCUT2D eigenvalue weighted by Gasteiger charge is -2.39. The molecule has 3 aromatic rings. The van der Waals surface area contributed by atoms with E-state index < -0.39 is 66.2 Å². The van der Waals surface area contributed by atoms with Crippen LogP contribution in [0.25, 0.3) is 0 Å². The number of benzene rings is 2. The van der Waals surface area contributed by atoms with E-state index in [9.17, 15) is 32.8 Å². The Morgan fingerprint density at radius 3 is 2.54 bits per heavy atom. The van der Waals surface area contributed by atoms with Gasteiger partial charge in [-0.05, 0) is 42.8 Å². The Morgan fingerprint density at radius 1 is 1.10 bits per heavy atom. The summed E-state index contributed by atoms with van der Waals surface area (Å²) in [5.41, 5.74) is -0.187. The van der Waals surface area contributed by atoms with Crippen molar-refractivity contribution < 1.29 is 31.9 Å². The summed E-state index contributed by atoms with van der Waals surface area (Å²) < 4.78 is 56.8. The van der Waals surface area contributed by atoms with Crippen LogP contribution in [0.5, 0.6) is 0 Å². The van der Waals surface area contributed by atoms with Crippen LogP contribution in [0.2, 0.25) is 0 Å². The summed E-state index contributed by atoms with van der Waals surface area (Å²) >= 11 is 0. The second kappa shape index (κ2) is 11.0. The van der Waals surface area contributed by atoms with Crippen LogP contribution in [-0.2, 0) is 14.4 Å². The van der Waals surface area contributed by atoms with E-state index in [1.807, 2.05) is 6.07 Å². The highest BCUT2D eigenvalue weighted by Gasteiger charge is 2.48. The molecule has 1 saturated heterocycles. The zero-order chi connectivity index (χ0) is 29.3. The van der Waals surface area contributed by atoms with Gasteiger partial charge >= 0.3 is 0 Å². The van der Waals surface area contributed by atoms with Crippen molar-refractivity contribution in [1.29, 1.82) is 5.26 Å². The number of amides is 3. The molecule has 1 aliphatic carbocycles. The number of nitrogens with zero attached hydrogens (tertiary/aromatic N) is 4. The maximum absolute atomic E-state index is 15.2. The number of pyridine rings is 1. The molecule has 0 radical (unpaired) electrons. The minimum absolute atomic E-state index is 0.0115. The standard InChI is InChI=1S/C29H23F4N5O3/c30-18-4-3-5-20(13-18)37(28(41)23-8-9-25(39)38(23)24-12-17(16-34)10-11-35-24)26(21-6-1-2-7-22(21)31)27(40)36-19-14-29(32,33)15-19/h1-7,10-13,19,23,26H,8-9,14-15H2,(H,36,40). The molecular weight excluding hydrogens is 542 g/mol. The van der Waals surface area contributed by atoms with Gasteiger partial charge in [0, 0.05) is 42.8 Å². The molecule has 1 N–H and O–H groups in total. The van der Waals surface area contributed by atoms with Crippen LogP contribution in [-0.4, -0.2) is 40.7 Å². The molecule has 41 heavy (non-hydrogen) atoms. The van der Waals surface area contributed by atoms with Crippen molar-refractivity contribution in [1.82, 2.24) is 10.3 Å². The number of carbonyl (C=O) groups is 3. The van der Waals surface area contributed by atoms with Gasteiger partial charge in [0.1, 0.15) is 29.5 Å². The summed E-state index contributed by atoms with van der Waals surface area (Å²) in [7, 11) is 0. The zero-order valence-electron chi connectivity index (χ0n) is 21.4. The topological polar surface area (TPSA) is 106 Å². The van der Waals surface area contributed by atoms with Crippen molar-refractivity contribution in [3.63, 3.8) is 0 Å². The van der Waals surface area contributed by atoms with Crippen molar-refractivity contribution in [2.24, 2.45) is 0 Å². The molecule has 0 bridgehead atoms. The minimum atomic E-state index is -2.96. The highest BCUT2D eigenvalue weighted by atomic mass is 19.3. The SMILES string of the molecule is N#Cc1ccnc(N2C(=O)CCC2C(=O)N(c2cccc(F)c2)C(C(=O)NC2CC(F)(F)C2)c2ccccc2F)c1. The van der Waals surface area contributed by atoms with Crippen LogP contribution in [0.4, 0.5) is 29.1 Å². The van der Waals surface area contributed by atoms with Gasteiger partial charge in [0.15, 0.2) is 0 Å². The largest absolute Gasteiger partial charge is 0.351 e. The van der Waals surface area contributed by atoms with Gasteiger partial charge in [0.2, 0.25) is 11.8 Å². The monoisotopic (exact) mass is 565 g/mol. The Morgan fingerprint density at radius 2 is 1.85 bits per heavy atom. The van der Waals surface area contributed by atoms with E-state index in [0.29, 0.717) is 0 Å². The Labute approximate surface area is 232 Å². The third-order valence-electron chi connectivity index (χ3n) is 7.09. The minimum Gasteiger partial charge on any atom is -0.351 e. The van der Waals surface area contributed by atoms with Crippen molar-refractivity contribution in [3.05, 3.63) is 89.6 Å². The number of nitriles is 1. The van der Waals surface area contributed by atoms with E-state index in [-0.39, 0.29) is 35.5 Å². The van der Waals surface area contributed by atoms with Crippen LogP contribution in [0.1, 0.15) is 42.9 Å². The van der Waals surface area contributed by atoms with E-state index >= 15 is 4.39 Å². The van der Waals surface area contributed by atoms with Crippen molar-refractivity contribution >= 4 is 29.2 Å². The maximum Gasteiger partial charge on any atom is 0.252 e. The van der Waals surface area contributed by atoms with E-state index in [2.05, 4.69) is 10.3 Å². The third-order valence-corrected chi connectivity index (χ3v) is 7.09. The van der Waals surface area contributed by atoms with Crippen molar-refractivity contribution in [3.8, 4) is 6.07 Å². The van der Waals surface area contributed by atoms with Gasteiger partial charge in [0.25, 0.3) is 11.8 Å². The molecule has 2 atom stereocenters. The molecular formula is C29H23F4N5O3. The number of alkyl halides is 2. The second-order valence-corrected chi connectivity index (χ2v) is 9.91. The molecule has 12 heteroatoms. The Kier molecular flexibility index (Phi) is 7.45. The molecule has 3 amide bonds. The average molecular weight is 566 g/mol. The number of hydrogen-bond acceptors (Lipinski definition) is 5. The lowest BCUT2D eigenvalue weighted by Crippen LogP contribution is -2.56. The summed E-state index contributed by atoms with van der Waals surface area (Å²) in [5.74, 6) is -6.83. The highest BCUT2D eigenvalue weighted by molar-refractivity contribution is 6.10. The molecule has 1 aliphatic heterocycles. The zero-order valence-corrected chi connectivity index (χ0v) is 21.4. The van der Waals surface area contributed by atoms with Gasteiger partial charge in [-0.2, -0.15) is 5.26 Å². The molecule has 5 rings (SSSR count). The Bertz CT molecular complexity index is 1550. The average Bonchev–Trinajstić information content (AvgIpc) is 3.32. The number of carbonyl (C=O) groups excluding carboxylic acids is 3. The van der Waals surface area contributed by atoms with Crippen LogP contribution in [0.15, 0.2) is 66.9 Å². The fourth-order valence-corrected chi connectivity index (χ4v) is 5.15. The molecule has 2 aliphatic rings. The first kappa shape index (κ1) is 27.8. The van der Waals surface area contributed by atoms with E-state index in [4.69, 9.17) is 0 Å². The molecule has 8 nitrogen and oxygen atoms in total. The second-order valence-electron chi connectivity index (χ2n) is 9.91. The molecule has 1 aromatic heterocycles. The first-order valence-corrected chi connectivity index (χ1v) is 12.8. The van der Waals surface area contributed by atoms with Gasteiger partial charge < -0.3 is 5.32 Å². The third kappa shape index (κ3) is 5.61. The predicted octanol–water partition coefficient (Wildman–Crippen LogP) is 4.42. The van der Waals surface area contributed by atoms with E-state index in [0.717, 1.165) is 28.0 Å². The van der Waals surface area contributed by atoms with E-state index in [1.165, 1.54) is 48.7 Å². The van der Waals surface area contributed by atoms with Crippen molar-refractivity contribution in [2.45, 2.75) is 49.7 Å². The summed E-state index contributed by atoms with van der Waals surface area (Å²) in [6.45, 7) is 0. The Balaban J connectivity index is 1.61. The quantitative estimate of drug-likeness (QED) is 0.427. The number of rotatable bonds is 7. The van der Waals surface area contributed by atoms with Gasteiger partial charge in [-0.15, -0.1) is 0 Å². The number of anilines is 2. The van der Waals surface area contributed by atoms with E-state index in [1.54, 1.807) is 0 Å². The molecule has 0 spiro atoms. The lowest BCUT2D eigenvalue weighted by molar-refractivity contribution is -0.133. The first-order chi connectivity index (χ1) is 19.6. The molecule has 2 aromatic carbocycles. The molecule has 2 heterocycles. The first-order valence-electron chi connectivity index (χ1n) is 12.8. The molecule has 2 unspecified atom stereocenters. The molecule has 1 saturated carbocycles. The number of nitrogens with one attached hydrogen (secondary N) is 1. The van der Waals surface area contributed by atoms with Gasteiger partial charge in [-0.25, -0.2) is 22.5 Å². The maximum atomic E-state index is 15.2. The van der Waals surface area contributed by atoms with Gasteiger partial charge in [-0.1, -0.05) is 24.3 Å². The summed E-state index contributed by atoms with van der Waals surface area (Å²) in [4.78, 5) is 47.1. The smallest absolute Gasteiger partial charge is 0.252 e. The number of aromatic nitrogens is 1. The number of hydrogen-bond donors (Lipinski definition) is 1. The van der Waals surface area contributed by atoms with Crippen LogP contribution < -0.4 is 15.1 Å². The highest BCUT2D eigenvalue weighted by Crippen LogP contribution is 2.39. The number of halogens is 4. The molecule has 2 fully saturated rings. The summed E-state index contributed by atoms with van der Waals surface area (Å²) in [6.07, 6.45) is -0.0256. The normalized spacial score (nSPS) is 18.8.